The quantitative estimate of drug-likeness (QED) is 0.678. The Morgan fingerprint density at radius 1 is 1.16 bits per heavy atom. The summed E-state index contributed by atoms with van der Waals surface area (Å²) in [4.78, 5) is 35.9. The number of hydrogen-bond acceptors (Lipinski definition) is 7. The Hall–Kier alpha value is -3.33. The average molecular weight is 431 g/mol. The molecule has 0 bridgehead atoms. The summed E-state index contributed by atoms with van der Waals surface area (Å²) in [6, 6.07) is 3.82. The van der Waals surface area contributed by atoms with E-state index in [1.807, 2.05) is 25.3 Å². The molecule has 0 saturated carbocycles. The molecule has 0 aromatic carbocycles. The van der Waals surface area contributed by atoms with Crippen molar-refractivity contribution in [3.05, 3.63) is 47.2 Å². The van der Waals surface area contributed by atoms with E-state index in [-0.39, 0.29) is 11.9 Å². The van der Waals surface area contributed by atoms with Gasteiger partial charge in [0.25, 0.3) is 5.91 Å². The molecule has 6 heterocycles. The number of aryl methyl sites for hydroxylation is 2. The van der Waals surface area contributed by atoms with Crippen LogP contribution >= 0.6 is 0 Å². The van der Waals surface area contributed by atoms with Crippen molar-refractivity contribution in [3.8, 4) is 11.4 Å². The Bertz CT molecular complexity index is 1220. The first-order valence-corrected chi connectivity index (χ1v) is 11.3. The molecule has 3 aromatic rings. The topological polar surface area (TPSA) is 106 Å². The van der Waals surface area contributed by atoms with Gasteiger partial charge in [-0.25, -0.2) is 9.97 Å². The van der Waals surface area contributed by atoms with Crippen LogP contribution < -0.4 is 15.5 Å². The Labute approximate surface area is 186 Å². The predicted octanol–water partition coefficient (Wildman–Crippen LogP) is 2.08. The molecule has 1 fully saturated rings. The minimum atomic E-state index is -0.0517. The molecule has 9 nitrogen and oxygen atoms in total. The van der Waals surface area contributed by atoms with Crippen LogP contribution in [0.15, 0.2) is 24.5 Å². The van der Waals surface area contributed by atoms with Gasteiger partial charge < -0.3 is 15.2 Å². The van der Waals surface area contributed by atoms with Crippen LogP contribution in [0.3, 0.4) is 0 Å². The number of carbonyl (C=O) groups is 1. The summed E-state index contributed by atoms with van der Waals surface area (Å²) in [6.07, 6.45) is 7.84. The standard InChI is InChI=1S/C23H26N8O/c1-14-10-20(28-23(27-14)29-9-6-15(24)12-29)31-13-17-16(22(31)32)5-7-25-21(17)18-11-26-19-4-2-3-8-30(18)19/h5,7,10-11,15H,2-4,6,8-9,12-13,24H2,1H3. The zero-order valence-corrected chi connectivity index (χ0v) is 18.2. The van der Waals surface area contributed by atoms with Crippen LogP contribution in [0.25, 0.3) is 11.4 Å². The van der Waals surface area contributed by atoms with Crippen molar-refractivity contribution in [3.63, 3.8) is 0 Å². The molecule has 1 unspecified atom stereocenters. The molecule has 9 heteroatoms. The molecule has 3 aliphatic rings. The van der Waals surface area contributed by atoms with Gasteiger partial charge in [0, 0.05) is 61.2 Å². The monoisotopic (exact) mass is 430 g/mol. The van der Waals surface area contributed by atoms with E-state index < -0.39 is 0 Å². The largest absolute Gasteiger partial charge is 0.339 e. The van der Waals surface area contributed by atoms with Gasteiger partial charge in [0.05, 0.1) is 24.1 Å². The molecule has 1 amide bonds. The van der Waals surface area contributed by atoms with Gasteiger partial charge in [0.1, 0.15) is 11.6 Å². The second-order valence-corrected chi connectivity index (χ2v) is 8.91. The lowest BCUT2D eigenvalue weighted by atomic mass is 10.1. The Balaban J connectivity index is 1.37. The lowest BCUT2D eigenvalue weighted by molar-refractivity contribution is 0.0996. The summed E-state index contributed by atoms with van der Waals surface area (Å²) < 4.78 is 2.25. The van der Waals surface area contributed by atoms with Crippen molar-refractivity contribution < 1.29 is 4.79 Å². The number of nitrogens with zero attached hydrogens (tertiary/aromatic N) is 7. The van der Waals surface area contributed by atoms with Gasteiger partial charge in [-0.3, -0.25) is 14.7 Å². The molecule has 2 N–H and O–H groups in total. The number of anilines is 2. The molecular formula is C23H26N8O. The molecule has 3 aliphatic heterocycles. The molecule has 6 rings (SSSR count). The number of pyridine rings is 1. The predicted molar refractivity (Wildman–Crippen MR) is 120 cm³/mol. The number of carbonyl (C=O) groups excluding carboxylic acids is 1. The molecule has 1 saturated heterocycles. The van der Waals surface area contributed by atoms with Crippen molar-refractivity contribution in [1.82, 2.24) is 24.5 Å². The van der Waals surface area contributed by atoms with Gasteiger partial charge >= 0.3 is 0 Å². The van der Waals surface area contributed by atoms with E-state index in [9.17, 15) is 4.79 Å². The number of fused-ring (bicyclic) bond motifs is 2. The Morgan fingerprint density at radius 3 is 2.91 bits per heavy atom. The van der Waals surface area contributed by atoms with Gasteiger partial charge in [0.2, 0.25) is 5.95 Å². The van der Waals surface area contributed by atoms with Crippen molar-refractivity contribution in [2.45, 2.75) is 51.7 Å². The minimum Gasteiger partial charge on any atom is -0.339 e. The summed E-state index contributed by atoms with van der Waals surface area (Å²) in [7, 11) is 0. The summed E-state index contributed by atoms with van der Waals surface area (Å²) in [5.41, 5.74) is 10.4. The first-order chi connectivity index (χ1) is 15.6. The van der Waals surface area contributed by atoms with Crippen LogP contribution in [0.1, 0.15) is 46.7 Å². The number of aromatic nitrogens is 5. The zero-order chi connectivity index (χ0) is 21.8. The van der Waals surface area contributed by atoms with Crippen LogP contribution in [0, 0.1) is 6.92 Å². The van der Waals surface area contributed by atoms with E-state index in [0.29, 0.717) is 23.9 Å². The van der Waals surface area contributed by atoms with E-state index in [4.69, 9.17) is 10.7 Å². The Kier molecular flexibility index (Phi) is 4.46. The van der Waals surface area contributed by atoms with Gasteiger partial charge in [-0.05, 0) is 32.3 Å². The average Bonchev–Trinajstić information content (AvgIpc) is 3.50. The molecule has 3 aromatic heterocycles. The molecule has 0 aliphatic carbocycles. The highest BCUT2D eigenvalue weighted by Gasteiger charge is 2.34. The third-order valence-electron chi connectivity index (χ3n) is 6.67. The fourth-order valence-corrected chi connectivity index (χ4v) is 5.02. The number of imidazole rings is 1. The van der Waals surface area contributed by atoms with E-state index >= 15 is 0 Å². The normalized spacial score (nSPS) is 20.1. The lowest BCUT2D eigenvalue weighted by Crippen LogP contribution is -2.29. The first-order valence-electron chi connectivity index (χ1n) is 11.3. The van der Waals surface area contributed by atoms with Crippen LogP contribution in [0.4, 0.5) is 11.8 Å². The maximum absolute atomic E-state index is 13.4. The minimum absolute atomic E-state index is 0.0517. The van der Waals surface area contributed by atoms with E-state index in [2.05, 4.69) is 24.4 Å². The molecule has 32 heavy (non-hydrogen) atoms. The molecule has 164 valence electrons. The van der Waals surface area contributed by atoms with Crippen molar-refractivity contribution in [2.24, 2.45) is 5.73 Å². The van der Waals surface area contributed by atoms with Crippen molar-refractivity contribution in [2.75, 3.05) is 22.9 Å². The highest BCUT2D eigenvalue weighted by molar-refractivity contribution is 6.10. The highest BCUT2D eigenvalue weighted by atomic mass is 16.2. The highest BCUT2D eigenvalue weighted by Crippen LogP contribution is 2.35. The van der Waals surface area contributed by atoms with Crippen LogP contribution in [-0.4, -0.2) is 49.5 Å². The smallest absolute Gasteiger partial charge is 0.260 e. The first kappa shape index (κ1) is 19.4. The molecule has 0 radical (unpaired) electrons. The van der Waals surface area contributed by atoms with E-state index in [1.54, 1.807) is 11.1 Å². The number of nitrogens with two attached hydrogens (primary N) is 1. The third kappa shape index (κ3) is 3.07. The SMILES string of the molecule is Cc1cc(N2Cc3c(ccnc3-c3cnc4n3CCCC4)C2=O)nc(N2CCC(N)C2)n1. The summed E-state index contributed by atoms with van der Waals surface area (Å²) in [5, 5.41) is 0. The molecular weight excluding hydrogens is 404 g/mol. The third-order valence-corrected chi connectivity index (χ3v) is 6.67. The van der Waals surface area contributed by atoms with Crippen LogP contribution in [-0.2, 0) is 19.5 Å². The van der Waals surface area contributed by atoms with Gasteiger partial charge in [-0.1, -0.05) is 0 Å². The fraction of sp³-hybridized carbons (Fsp3) is 0.435. The van der Waals surface area contributed by atoms with Gasteiger partial charge in [-0.2, -0.15) is 4.98 Å². The summed E-state index contributed by atoms with van der Waals surface area (Å²) in [5.74, 6) is 2.31. The molecule has 1 atom stereocenters. The number of hydrogen-bond donors (Lipinski definition) is 1. The maximum Gasteiger partial charge on any atom is 0.260 e. The van der Waals surface area contributed by atoms with E-state index in [1.165, 1.54) is 6.42 Å². The van der Waals surface area contributed by atoms with Gasteiger partial charge in [0.15, 0.2) is 0 Å². The van der Waals surface area contributed by atoms with Crippen molar-refractivity contribution in [1.29, 1.82) is 0 Å². The van der Waals surface area contributed by atoms with Crippen LogP contribution in [0.2, 0.25) is 0 Å². The van der Waals surface area contributed by atoms with E-state index in [0.717, 1.165) is 67.4 Å². The van der Waals surface area contributed by atoms with Gasteiger partial charge in [-0.15, -0.1) is 0 Å². The zero-order valence-electron chi connectivity index (χ0n) is 18.2. The second-order valence-electron chi connectivity index (χ2n) is 8.91. The molecule has 0 spiro atoms. The summed E-state index contributed by atoms with van der Waals surface area (Å²) >= 11 is 0. The van der Waals surface area contributed by atoms with Crippen LogP contribution in [0.5, 0.6) is 0 Å². The Morgan fingerprint density at radius 2 is 2.06 bits per heavy atom. The lowest BCUT2D eigenvalue weighted by Gasteiger charge is -2.20. The fourth-order valence-electron chi connectivity index (χ4n) is 5.02. The maximum atomic E-state index is 13.4. The summed E-state index contributed by atoms with van der Waals surface area (Å²) in [6.45, 7) is 4.88. The number of rotatable bonds is 3. The number of amides is 1. The van der Waals surface area contributed by atoms with Crippen molar-refractivity contribution >= 4 is 17.7 Å². The second kappa shape index (κ2) is 7.37.